The average Bonchev–Trinajstić information content (AvgIpc) is 3.61. The number of hydrogen-bond acceptors (Lipinski definition) is 6. The van der Waals surface area contributed by atoms with Crippen molar-refractivity contribution >= 4 is 29.1 Å². The molecular weight excluding hydrogens is 545 g/mol. The monoisotopic (exact) mass is 574 g/mol. The van der Waals surface area contributed by atoms with Gasteiger partial charge in [0.15, 0.2) is 5.76 Å². The quantitative estimate of drug-likeness (QED) is 0.475. The first-order chi connectivity index (χ1) is 19.2. The van der Waals surface area contributed by atoms with Crippen LogP contribution >= 0.6 is 11.3 Å². The highest BCUT2D eigenvalue weighted by molar-refractivity contribution is 7.12. The van der Waals surface area contributed by atoms with Gasteiger partial charge in [0, 0.05) is 31.7 Å². The Morgan fingerprint density at radius 1 is 0.950 bits per heavy atom. The van der Waals surface area contributed by atoms with E-state index in [1.54, 1.807) is 15.9 Å². The van der Waals surface area contributed by atoms with Gasteiger partial charge in [-0.2, -0.15) is 13.2 Å². The second-order valence-corrected chi connectivity index (χ2v) is 10.9. The van der Waals surface area contributed by atoms with Crippen molar-refractivity contribution < 1.29 is 32.0 Å². The maximum atomic E-state index is 13.9. The molecule has 2 aromatic heterocycles. The molecule has 5 rings (SSSR count). The van der Waals surface area contributed by atoms with E-state index in [4.69, 9.17) is 4.42 Å². The molecular formula is C28H29F3N4O4S. The van der Waals surface area contributed by atoms with Gasteiger partial charge in [-0.3, -0.25) is 14.4 Å². The zero-order valence-electron chi connectivity index (χ0n) is 21.6. The van der Waals surface area contributed by atoms with E-state index in [1.807, 2.05) is 11.4 Å². The van der Waals surface area contributed by atoms with Crippen molar-refractivity contribution in [3.05, 3.63) is 70.1 Å². The number of rotatable bonds is 5. The maximum absolute atomic E-state index is 13.9. The number of nitrogens with one attached hydrogen (secondary N) is 2. The number of halogens is 3. The highest BCUT2D eigenvalue weighted by atomic mass is 32.1. The lowest BCUT2D eigenvalue weighted by Gasteiger charge is -2.40. The van der Waals surface area contributed by atoms with Crippen molar-refractivity contribution in [3.63, 3.8) is 0 Å². The van der Waals surface area contributed by atoms with Gasteiger partial charge in [-0.05, 0) is 68.1 Å². The summed E-state index contributed by atoms with van der Waals surface area (Å²) in [6.45, 7) is 2.78. The van der Waals surface area contributed by atoms with E-state index in [1.165, 1.54) is 35.6 Å². The van der Waals surface area contributed by atoms with E-state index in [2.05, 4.69) is 10.6 Å². The standard InChI is InChI=1S/C28H29F3N4O4S/c29-28(30,31)20-5-1-4-19(18-20)21-7-8-22(39-21)24(36)33-27(9-11-32-12-10-27)26(38)35-14-3-13-34(15-16-35)25(37)23-6-2-17-40-23/h1-2,4-8,17-18,32H,3,9-16H2,(H,33,36). The van der Waals surface area contributed by atoms with Gasteiger partial charge < -0.3 is 24.9 Å². The Bertz CT molecular complexity index is 1370. The summed E-state index contributed by atoms with van der Waals surface area (Å²) in [5.41, 5.74) is -1.80. The van der Waals surface area contributed by atoms with Crippen molar-refractivity contribution in [1.82, 2.24) is 20.4 Å². The highest BCUT2D eigenvalue weighted by Crippen LogP contribution is 2.33. The van der Waals surface area contributed by atoms with E-state index in [9.17, 15) is 27.6 Å². The van der Waals surface area contributed by atoms with Gasteiger partial charge in [0.1, 0.15) is 11.3 Å². The van der Waals surface area contributed by atoms with Crippen LogP contribution in [0.25, 0.3) is 11.3 Å². The van der Waals surface area contributed by atoms with Crippen molar-refractivity contribution in [2.45, 2.75) is 31.0 Å². The first kappa shape index (κ1) is 27.9. The number of amides is 3. The van der Waals surface area contributed by atoms with E-state index in [-0.39, 0.29) is 28.9 Å². The predicted octanol–water partition coefficient (Wildman–Crippen LogP) is 4.25. The molecule has 2 aliphatic rings. The van der Waals surface area contributed by atoms with E-state index < -0.39 is 23.2 Å². The first-order valence-electron chi connectivity index (χ1n) is 13.1. The summed E-state index contributed by atoms with van der Waals surface area (Å²) in [6.07, 6.45) is -3.16. The molecule has 8 nitrogen and oxygen atoms in total. The average molecular weight is 575 g/mol. The number of furan rings is 1. The Morgan fingerprint density at radius 2 is 1.70 bits per heavy atom. The molecule has 2 aliphatic heterocycles. The minimum absolute atomic E-state index is 0.0522. The molecule has 0 bridgehead atoms. The van der Waals surface area contributed by atoms with E-state index in [0.717, 1.165) is 12.1 Å². The molecule has 4 heterocycles. The third kappa shape index (κ3) is 5.92. The van der Waals surface area contributed by atoms with Gasteiger partial charge in [-0.1, -0.05) is 18.2 Å². The third-order valence-corrected chi connectivity index (χ3v) is 8.18. The minimum atomic E-state index is -4.51. The first-order valence-corrected chi connectivity index (χ1v) is 14.0. The molecule has 2 fully saturated rings. The van der Waals surface area contributed by atoms with Gasteiger partial charge in [-0.15, -0.1) is 11.3 Å². The normalized spacial score (nSPS) is 17.8. The van der Waals surface area contributed by atoms with Crippen LogP contribution in [-0.4, -0.2) is 72.3 Å². The van der Waals surface area contributed by atoms with Crippen molar-refractivity contribution in [2.75, 3.05) is 39.3 Å². The van der Waals surface area contributed by atoms with Crippen LogP contribution in [0, 0.1) is 0 Å². The molecule has 0 saturated carbocycles. The van der Waals surface area contributed by atoms with E-state index in [0.29, 0.717) is 63.4 Å². The number of benzene rings is 1. The van der Waals surface area contributed by atoms with Crippen LogP contribution < -0.4 is 10.6 Å². The minimum Gasteiger partial charge on any atom is -0.451 e. The molecule has 40 heavy (non-hydrogen) atoms. The van der Waals surface area contributed by atoms with Gasteiger partial charge in [-0.25, -0.2) is 0 Å². The summed E-state index contributed by atoms with van der Waals surface area (Å²) < 4.78 is 45.1. The molecule has 0 atom stereocenters. The van der Waals surface area contributed by atoms with Gasteiger partial charge in [0.25, 0.3) is 11.8 Å². The Labute approximate surface area is 233 Å². The van der Waals surface area contributed by atoms with Crippen LogP contribution in [0.1, 0.15) is 45.1 Å². The molecule has 2 saturated heterocycles. The fraction of sp³-hybridized carbons (Fsp3) is 0.393. The lowest BCUT2D eigenvalue weighted by atomic mass is 9.86. The van der Waals surface area contributed by atoms with Gasteiger partial charge in [0.2, 0.25) is 5.91 Å². The van der Waals surface area contributed by atoms with Crippen LogP contribution in [0.15, 0.2) is 58.3 Å². The maximum Gasteiger partial charge on any atom is 0.416 e. The van der Waals surface area contributed by atoms with Crippen LogP contribution in [0.4, 0.5) is 13.2 Å². The molecule has 0 radical (unpaired) electrons. The number of nitrogens with zero attached hydrogens (tertiary/aromatic N) is 2. The number of carbonyl (C=O) groups excluding carboxylic acids is 3. The summed E-state index contributed by atoms with van der Waals surface area (Å²) >= 11 is 1.38. The number of thiophene rings is 1. The summed E-state index contributed by atoms with van der Waals surface area (Å²) in [7, 11) is 0. The van der Waals surface area contributed by atoms with E-state index >= 15 is 0 Å². The SMILES string of the molecule is O=C(NC1(C(=O)N2CCCN(C(=O)c3cccs3)CC2)CCNCC1)c1ccc(-c2cccc(C(F)(F)F)c2)o1. The molecule has 212 valence electrons. The molecule has 2 N–H and O–H groups in total. The summed E-state index contributed by atoms with van der Waals surface area (Å²) in [6, 6.07) is 11.1. The fourth-order valence-corrected chi connectivity index (χ4v) is 5.86. The molecule has 1 aromatic carbocycles. The second-order valence-electron chi connectivity index (χ2n) is 9.94. The molecule has 3 amide bonds. The summed E-state index contributed by atoms with van der Waals surface area (Å²) in [5, 5.41) is 7.97. The zero-order valence-corrected chi connectivity index (χ0v) is 22.4. The van der Waals surface area contributed by atoms with Gasteiger partial charge in [0.05, 0.1) is 10.4 Å². The lowest BCUT2D eigenvalue weighted by Crippen LogP contribution is -2.63. The second kappa shape index (κ2) is 11.5. The largest absolute Gasteiger partial charge is 0.451 e. The summed E-state index contributed by atoms with van der Waals surface area (Å²) in [4.78, 5) is 44.1. The van der Waals surface area contributed by atoms with Crippen LogP contribution in [0.2, 0.25) is 0 Å². The Kier molecular flexibility index (Phi) is 7.99. The van der Waals surface area contributed by atoms with Crippen LogP contribution in [0.3, 0.4) is 0 Å². The third-order valence-electron chi connectivity index (χ3n) is 7.33. The Hall–Kier alpha value is -3.64. The molecule has 12 heteroatoms. The highest BCUT2D eigenvalue weighted by Gasteiger charge is 2.44. The number of hydrogen-bond donors (Lipinski definition) is 2. The number of piperidine rings is 1. The number of carbonyl (C=O) groups is 3. The Balaban J connectivity index is 1.30. The Morgan fingerprint density at radius 3 is 2.42 bits per heavy atom. The van der Waals surface area contributed by atoms with Gasteiger partial charge >= 0.3 is 6.18 Å². The number of alkyl halides is 3. The molecule has 0 spiro atoms. The van der Waals surface area contributed by atoms with Crippen LogP contribution in [-0.2, 0) is 11.0 Å². The van der Waals surface area contributed by atoms with Crippen LogP contribution in [0.5, 0.6) is 0 Å². The van der Waals surface area contributed by atoms with Crippen molar-refractivity contribution in [3.8, 4) is 11.3 Å². The topological polar surface area (TPSA) is 94.9 Å². The van der Waals surface area contributed by atoms with Crippen molar-refractivity contribution in [2.24, 2.45) is 0 Å². The smallest absolute Gasteiger partial charge is 0.416 e. The molecule has 0 aliphatic carbocycles. The summed E-state index contributed by atoms with van der Waals surface area (Å²) in [5.74, 6) is -0.856. The van der Waals surface area contributed by atoms with Crippen molar-refractivity contribution in [1.29, 1.82) is 0 Å². The molecule has 3 aromatic rings. The predicted molar refractivity (Wildman–Crippen MR) is 143 cm³/mol. The lowest BCUT2D eigenvalue weighted by molar-refractivity contribution is -0.139. The zero-order chi connectivity index (χ0) is 28.3. The fourth-order valence-electron chi connectivity index (χ4n) is 5.17. The molecule has 0 unspecified atom stereocenters.